The summed E-state index contributed by atoms with van der Waals surface area (Å²) in [7, 11) is 3.14. The van der Waals surface area contributed by atoms with Crippen LogP contribution < -0.4 is 14.8 Å². The molecule has 1 heterocycles. The van der Waals surface area contributed by atoms with E-state index in [0.29, 0.717) is 42.7 Å². The summed E-state index contributed by atoms with van der Waals surface area (Å²) in [5.74, 6) is 1.59. The number of likely N-dealkylation sites (tertiary alicyclic amines) is 1. The molecular formula is C21H33N3O5. The van der Waals surface area contributed by atoms with Gasteiger partial charge < -0.3 is 29.5 Å². The molecule has 29 heavy (non-hydrogen) atoms. The number of carbonyl (C=O) groups excluding carboxylic acids is 1. The minimum atomic E-state index is -0.848. The number of aliphatic hydroxyl groups excluding tert-OH is 1. The zero-order valence-electron chi connectivity index (χ0n) is 17.8. The minimum absolute atomic E-state index is 0.157. The molecule has 2 N–H and O–H groups in total. The van der Waals surface area contributed by atoms with Crippen molar-refractivity contribution < 1.29 is 24.1 Å². The lowest BCUT2D eigenvalue weighted by molar-refractivity contribution is -0.149. The van der Waals surface area contributed by atoms with E-state index in [2.05, 4.69) is 15.2 Å². The van der Waals surface area contributed by atoms with E-state index in [9.17, 15) is 9.90 Å². The SMILES string of the molecule is CCNC(=NCC(O)c1cc(OC)ccc1OC)N1CCCC(C(=O)OCC)C1. The highest BCUT2D eigenvalue weighted by Crippen LogP contribution is 2.29. The summed E-state index contributed by atoms with van der Waals surface area (Å²) < 4.78 is 15.8. The van der Waals surface area contributed by atoms with Crippen molar-refractivity contribution in [1.29, 1.82) is 0 Å². The first-order chi connectivity index (χ1) is 14.0. The molecule has 2 rings (SSSR count). The predicted molar refractivity (Wildman–Crippen MR) is 111 cm³/mol. The summed E-state index contributed by atoms with van der Waals surface area (Å²) in [5, 5.41) is 14.0. The van der Waals surface area contributed by atoms with Gasteiger partial charge in [0, 0.05) is 25.2 Å². The van der Waals surface area contributed by atoms with E-state index in [-0.39, 0.29) is 18.4 Å². The van der Waals surface area contributed by atoms with Gasteiger partial charge in [-0.25, -0.2) is 0 Å². The Kier molecular flexibility index (Phi) is 9.05. The van der Waals surface area contributed by atoms with E-state index in [1.54, 1.807) is 32.4 Å². The van der Waals surface area contributed by atoms with Crippen molar-refractivity contribution in [2.75, 3.05) is 47.0 Å². The number of piperidine rings is 1. The van der Waals surface area contributed by atoms with Crippen molar-refractivity contribution in [3.05, 3.63) is 23.8 Å². The van der Waals surface area contributed by atoms with Gasteiger partial charge in [-0.3, -0.25) is 9.79 Å². The molecule has 0 aromatic heterocycles. The Bertz CT molecular complexity index is 695. The molecule has 1 fully saturated rings. The lowest BCUT2D eigenvalue weighted by Gasteiger charge is -2.34. The number of aliphatic hydroxyl groups is 1. The van der Waals surface area contributed by atoms with Crippen LogP contribution in [0.1, 0.15) is 38.4 Å². The van der Waals surface area contributed by atoms with Crippen LogP contribution in [-0.2, 0) is 9.53 Å². The van der Waals surface area contributed by atoms with Gasteiger partial charge in [-0.1, -0.05) is 0 Å². The molecule has 1 aromatic rings. The van der Waals surface area contributed by atoms with Gasteiger partial charge in [-0.2, -0.15) is 0 Å². The number of nitrogens with zero attached hydrogens (tertiary/aromatic N) is 2. The lowest BCUT2D eigenvalue weighted by atomic mass is 9.98. The average Bonchev–Trinajstić information content (AvgIpc) is 2.76. The number of hydrogen-bond donors (Lipinski definition) is 2. The molecule has 2 atom stereocenters. The van der Waals surface area contributed by atoms with Crippen LogP contribution in [0.2, 0.25) is 0 Å². The van der Waals surface area contributed by atoms with Crippen molar-refractivity contribution >= 4 is 11.9 Å². The van der Waals surface area contributed by atoms with Crippen molar-refractivity contribution in [3.63, 3.8) is 0 Å². The Hall–Kier alpha value is -2.48. The summed E-state index contributed by atoms with van der Waals surface area (Å²) in [6.45, 7) is 6.41. The summed E-state index contributed by atoms with van der Waals surface area (Å²) in [4.78, 5) is 18.8. The van der Waals surface area contributed by atoms with Crippen LogP contribution in [0, 0.1) is 5.92 Å². The van der Waals surface area contributed by atoms with Crippen LogP contribution in [0.25, 0.3) is 0 Å². The molecule has 2 unspecified atom stereocenters. The molecule has 0 saturated carbocycles. The zero-order valence-corrected chi connectivity index (χ0v) is 17.8. The van der Waals surface area contributed by atoms with Crippen LogP contribution in [0.3, 0.4) is 0 Å². The lowest BCUT2D eigenvalue weighted by Crippen LogP contribution is -2.48. The fraction of sp³-hybridized carbons (Fsp3) is 0.619. The summed E-state index contributed by atoms with van der Waals surface area (Å²) >= 11 is 0. The first-order valence-corrected chi connectivity index (χ1v) is 10.1. The number of ether oxygens (including phenoxy) is 3. The molecule has 1 aromatic carbocycles. The van der Waals surface area contributed by atoms with Crippen molar-refractivity contribution in [3.8, 4) is 11.5 Å². The third kappa shape index (κ3) is 6.25. The number of rotatable bonds is 8. The number of hydrogen-bond acceptors (Lipinski definition) is 6. The molecule has 0 radical (unpaired) electrons. The second-order valence-electron chi connectivity index (χ2n) is 6.86. The molecule has 0 bridgehead atoms. The quantitative estimate of drug-likeness (QED) is 0.387. The van der Waals surface area contributed by atoms with E-state index in [4.69, 9.17) is 14.2 Å². The van der Waals surface area contributed by atoms with Crippen molar-refractivity contribution in [1.82, 2.24) is 10.2 Å². The van der Waals surface area contributed by atoms with Gasteiger partial charge in [0.25, 0.3) is 0 Å². The van der Waals surface area contributed by atoms with Crippen LogP contribution in [-0.4, -0.2) is 68.9 Å². The Balaban J connectivity index is 2.13. The second-order valence-corrected chi connectivity index (χ2v) is 6.86. The molecule has 8 nitrogen and oxygen atoms in total. The summed E-state index contributed by atoms with van der Waals surface area (Å²) in [6.07, 6.45) is 0.859. The molecule has 1 aliphatic heterocycles. The Morgan fingerprint density at radius 3 is 2.79 bits per heavy atom. The summed E-state index contributed by atoms with van der Waals surface area (Å²) in [6, 6.07) is 5.30. The Morgan fingerprint density at radius 2 is 2.14 bits per heavy atom. The highest BCUT2D eigenvalue weighted by Gasteiger charge is 2.28. The number of aliphatic imine (C=N–C) groups is 1. The van der Waals surface area contributed by atoms with Crippen LogP contribution in [0.5, 0.6) is 11.5 Å². The predicted octanol–water partition coefficient (Wildman–Crippen LogP) is 1.98. The van der Waals surface area contributed by atoms with Gasteiger partial charge in [-0.15, -0.1) is 0 Å². The molecule has 162 valence electrons. The molecule has 0 amide bonds. The number of esters is 1. The van der Waals surface area contributed by atoms with Crippen molar-refractivity contribution in [2.24, 2.45) is 10.9 Å². The Morgan fingerprint density at radius 1 is 1.34 bits per heavy atom. The molecule has 0 aliphatic carbocycles. The van der Waals surface area contributed by atoms with Crippen LogP contribution in [0.15, 0.2) is 23.2 Å². The Labute approximate surface area is 172 Å². The molecule has 1 saturated heterocycles. The molecule has 8 heteroatoms. The van der Waals surface area contributed by atoms with Gasteiger partial charge in [0.05, 0.1) is 33.3 Å². The highest BCUT2D eigenvalue weighted by molar-refractivity contribution is 5.81. The number of methoxy groups -OCH3 is 2. The largest absolute Gasteiger partial charge is 0.497 e. The van der Waals surface area contributed by atoms with Crippen LogP contribution in [0.4, 0.5) is 0 Å². The first kappa shape index (κ1) is 22.8. The maximum absolute atomic E-state index is 12.1. The number of carbonyl (C=O) groups is 1. The van der Waals surface area contributed by atoms with E-state index in [0.717, 1.165) is 19.4 Å². The smallest absolute Gasteiger partial charge is 0.310 e. The van der Waals surface area contributed by atoms with Gasteiger partial charge in [0.1, 0.15) is 17.6 Å². The first-order valence-electron chi connectivity index (χ1n) is 10.1. The second kappa shape index (κ2) is 11.5. The van der Waals surface area contributed by atoms with E-state index in [1.807, 2.05) is 13.8 Å². The fourth-order valence-corrected chi connectivity index (χ4v) is 3.42. The molecular weight excluding hydrogens is 374 g/mol. The zero-order chi connectivity index (χ0) is 21.2. The standard InChI is InChI=1S/C21H33N3O5/c1-5-22-21(24-11-7-8-15(14-24)20(26)29-6-2)23-13-18(25)17-12-16(27-3)9-10-19(17)28-4/h9-10,12,15,18,25H,5-8,11,13-14H2,1-4H3,(H,22,23). The van der Waals surface area contributed by atoms with Gasteiger partial charge in [0.15, 0.2) is 5.96 Å². The topological polar surface area (TPSA) is 92.6 Å². The third-order valence-electron chi connectivity index (χ3n) is 4.89. The maximum atomic E-state index is 12.1. The average molecular weight is 408 g/mol. The molecule has 0 spiro atoms. The van der Waals surface area contributed by atoms with E-state index in [1.165, 1.54) is 0 Å². The van der Waals surface area contributed by atoms with Crippen molar-refractivity contribution in [2.45, 2.75) is 32.8 Å². The third-order valence-corrected chi connectivity index (χ3v) is 4.89. The number of guanidine groups is 1. The highest BCUT2D eigenvalue weighted by atomic mass is 16.5. The van der Waals surface area contributed by atoms with Gasteiger partial charge in [-0.05, 0) is 44.9 Å². The number of benzene rings is 1. The monoisotopic (exact) mass is 407 g/mol. The maximum Gasteiger partial charge on any atom is 0.310 e. The van der Waals surface area contributed by atoms with E-state index >= 15 is 0 Å². The minimum Gasteiger partial charge on any atom is -0.497 e. The number of nitrogens with one attached hydrogen (secondary N) is 1. The van der Waals surface area contributed by atoms with Gasteiger partial charge >= 0.3 is 5.97 Å². The van der Waals surface area contributed by atoms with Gasteiger partial charge in [0.2, 0.25) is 0 Å². The molecule has 1 aliphatic rings. The fourth-order valence-electron chi connectivity index (χ4n) is 3.42. The van der Waals surface area contributed by atoms with Crippen LogP contribution >= 0.6 is 0 Å². The van der Waals surface area contributed by atoms with E-state index < -0.39 is 6.10 Å². The summed E-state index contributed by atoms with van der Waals surface area (Å²) in [5.41, 5.74) is 0.620. The normalized spacial score (nSPS) is 18.2.